The Labute approximate surface area is 173 Å². The molecule has 2 aromatic carbocycles. The third-order valence-corrected chi connectivity index (χ3v) is 6.68. The second kappa shape index (κ2) is 7.92. The summed E-state index contributed by atoms with van der Waals surface area (Å²) in [5, 5.41) is 0. The Balaban J connectivity index is 1.50. The molecule has 154 valence electrons. The number of likely N-dealkylation sites (tertiary alicyclic amines) is 1. The minimum Gasteiger partial charge on any atom is -0.341 e. The van der Waals surface area contributed by atoms with Gasteiger partial charge in [0.15, 0.2) is 0 Å². The van der Waals surface area contributed by atoms with Crippen molar-refractivity contribution in [2.45, 2.75) is 38.1 Å². The highest BCUT2D eigenvalue weighted by Gasteiger charge is 2.47. The van der Waals surface area contributed by atoms with Crippen LogP contribution in [0.25, 0.3) is 11.1 Å². The van der Waals surface area contributed by atoms with E-state index in [0.29, 0.717) is 13.1 Å². The first-order valence-electron chi connectivity index (χ1n) is 10.2. The smallest absolute Gasteiger partial charge is 0.226 e. The molecule has 1 saturated carbocycles. The lowest BCUT2D eigenvalue weighted by atomic mass is 9.94. The predicted molar refractivity (Wildman–Crippen MR) is 115 cm³/mol. The van der Waals surface area contributed by atoms with Gasteiger partial charge in [-0.2, -0.15) is 0 Å². The molecule has 0 aromatic heterocycles. The van der Waals surface area contributed by atoms with Crippen molar-refractivity contribution >= 4 is 15.9 Å². The van der Waals surface area contributed by atoms with Crippen LogP contribution < -0.4 is 4.72 Å². The van der Waals surface area contributed by atoms with Gasteiger partial charge in [0.1, 0.15) is 0 Å². The fourth-order valence-corrected chi connectivity index (χ4v) is 5.28. The molecule has 2 aliphatic rings. The molecule has 3 atom stereocenters. The summed E-state index contributed by atoms with van der Waals surface area (Å²) >= 11 is 0. The zero-order valence-electron chi connectivity index (χ0n) is 17.0. The number of nitrogens with one attached hydrogen (secondary N) is 1. The topological polar surface area (TPSA) is 66.5 Å². The Kier molecular flexibility index (Phi) is 5.49. The standard InChI is InChI=1S/C23H28N2O3S/c1-16-10-11-19(20(13-16)17-7-4-3-5-8-17)21-14-22(21)23(26)25-12-6-9-18(15-25)24-29(2,27)28/h3-5,7-8,10-11,13,18,21-22,24H,6,9,12,14-15H2,1-2H3/t18-,21-,22+/m0/s1. The van der Waals surface area contributed by atoms with Crippen molar-refractivity contribution in [2.75, 3.05) is 19.3 Å². The Bertz CT molecular complexity index is 1000. The SMILES string of the molecule is Cc1ccc([C@@H]2C[C@H]2C(=O)N2CCC[C@H](NS(C)(=O)=O)C2)c(-c2ccccc2)c1. The molecular weight excluding hydrogens is 384 g/mol. The summed E-state index contributed by atoms with van der Waals surface area (Å²) in [7, 11) is -3.26. The van der Waals surface area contributed by atoms with Crippen LogP contribution in [0.2, 0.25) is 0 Å². The molecule has 29 heavy (non-hydrogen) atoms. The van der Waals surface area contributed by atoms with Crippen molar-refractivity contribution in [3.63, 3.8) is 0 Å². The van der Waals surface area contributed by atoms with E-state index in [1.807, 2.05) is 23.1 Å². The Morgan fingerprint density at radius 3 is 2.62 bits per heavy atom. The van der Waals surface area contributed by atoms with E-state index in [0.717, 1.165) is 19.3 Å². The van der Waals surface area contributed by atoms with Gasteiger partial charge >= 0.3 is 0 Å². The monoisotopic (exact) mass is 412 g/mol. The third-order valence-electron chi connectivity index (χ3n) is 5.91. The van der Waals surface area contributed by atoms with Crippen LogP contribution in [-0.4, -0.2) is 44.6 Å². The first kappa shape index (κ1) is 20.1. The average Bonchev–Trinajstić information content (AvgIpc) is 3.47. The van der Waals surface area contributed by atoms with Gasteiger partial charge in [-0.15, -0.1) is 0 Å². The Morgan fingerprint density at radius 2 is 1.90 bits per heavy atom. The van der Waals surface area contributed by atoms with Crippen LogP contribution in [-0.2, 0) is 14.8 Å². The second-order valence-electron chi connectivity index (χ2n) is 8.42. The van der Waals surface area contributed by atoms with Gasteiger partial charge in [-0.1, -0.05) is 54.1 Å². The number of carbonyl (C=O) groups is 1. The number of hydrogen-bond acceptors (Lipinski definition) is 3. The van der Waals surface area contributed by atoms with E-state index in [9.17, 15) is 13.2 Å². The van der Waals surface area contributed by atoms with Crippen LogP contribution in [0, 0.1) is 12.8 Å². The van der Waals surface area contributed by atoms with E-state index in [2.05, 4.69) is 42.0 Å². The average molecular weight is 413 g/mol. The molecule has 4 rings (SSSR count). The van der Waals surface area contributed by atoms with Gasteiger partial charge in [-0.3, -0.25) is 4.79 Å². The number of amides is 1. The molecule has 0 radical (unpaired) electrons. The van der Waals surface area contributed by atoms with Crippen LogP contribution in [0.1, 0.15) is 36.3 Å². The van der Waals surface area contributed by atoms with Crippen molar-refractivity contribution < 1.29 is 13.2 Å². The van der Waals surface area contributed by atoms with Crippen LogP contribution in [0.5, 0.6) is 0 Å². The number of hydrogen-bond donors (Lipinski definition) is 1. The zero-order chi connectivity index (χ0) is 20.6. The number of rotatable bonds is 5. The number of nitrogens with zero attached hydrogens (tertiary/aromatic N) is 1. The minimum absolute atomic E-state index is 0.00264. The largest absolute Gasteiger partial charge is 0.341 e. The van der Waals surface area contributed by atoms with Crippen molar-refractivity contribution in [1.82, 2.24) is 9.62 Å². The lowest BCUT2D eigenvalue weighted by Gasteiger charge is -2.33. The van der Waals surface area contributed by atoms with Gasteiger partial charge in [0, 0.05) is 25.0 Å². The molecule has 1 saturated heterocycles. The van der Waals surface area contributed by atoms with Crippen LogP contribution in [0.15, 0.2) is 48.5 Å². The molecule has 6 heteroatoms. The second-order valence-corrected chi connectivity index (χ2v) is 10.2. The lowest BCUT2D eigenvalue weighted by molar-refractivity contribution is -0.133. The molecule has 1 heterocycles. The summed E-state index contributed by atoms with van der Waals surface area (Å²) in [5.41, 5.74) is 4.84. The summed E-state index contributed by atoms with van der Waals surface area (Å²) in [6, 6.07) is 16.6. The molecule has 5 nitrogen and oxygen atoms in total. The van der Waals surface area contributed by atoms with E-state index < -0.39 is 10.0 Å². The zero-order valence-corrected chi connectivity index (χ0v) is 17.8. The number of carbonyl (C=O) groups excluding carboxylic acids is 1. The summed E-state index contributed by atoms with van der Waals surface area (Å²) in [6.45, 7) is 3.27. The van der Waals surface area contributed by atoms with Gasteiger partial charge in [0.25, 0.3) is 0 Å². The van der Waals surface area contributed by atoms with E-state index >= 15 is 0 Å². The summed E-state index contributed by atoms with van der Waals surface area (Å²) in [4.78, 5) is 15.0. The molecule has 2 fully saturated rings. The highest BCUT2D eigenvalue weighted by Crippen LogP contribution is 2.51. The van der Waals surface area contributed by atoms with Crippen molar-refractivity contribution in [3.8, 4) is 11.1 Å². The first-order chi connectivity index (χ1) is 13.8. The maximum absolute atomic E-state index is 13.1. The van der Waals surface area contributed by atoms with Gasteiger partial charge in [0.2, 0.25) is 15.9 Å². The molecule has 1 aliphatic heterocycles. The normalized spacial score (nSPS) is 24.3. The predicted octanol–water partition coefficient (Wildman–Crippen LogP) is 3.31. The summed E-state index contributed by atoms with van der Waals surface area (Å²) in [6.07, 6.45) is 3.65. The summed E-state index contributed by atoms with van der Waals surface area (Å²) < 4.78 is 25.7. The van der Waals surface area contributed by atoms with Gasteiger partial charge in [0.05, 0.1) is 6.26 Å². The van der Waals surface area contributed by atoms with E-state index in [-0.39, 0.29) is 23.8 Å². The van der Waals surface area contributed by atoms with Gasteiger partial charge in [-0.05, 0) is 48.8 Å². The number of benzene rings is 2. The number of piperidine rings is 1. The van der Waals surface area contributed by atoms with Crippen LogP contribution in [0.4, 0.5) is 0 Å². The highest BCUT2D eigenvalue weighted by molar-refractivity contribution is 7.88. The van der Waals surface area contributed by atoms with Crippen LogP contribution in [0.3, 0.4) is 0 Å². The maximum Gasteiger partial charge on any atom is 0.226 e. The molecule has 1 amide bonds. The molecule has 2 aromatic rings. The molecule has 0 spiro atoms. The molecule has 1 N–H and O–H groups in total. The minimum atomic E-state index is -3.26. The fraction of sp³-hybridized carbons (Fsp3) is 0.435. The quantitative estimate of drug-likeness (QED) is 0.819. The van der Waals surface area contributed by atoms with Crippen molar-refractivity contribution in [1.29, 1.82) is 0 Å². The molecular formula is C23H28N2O3S. The van der Waals surface area contributed by atoms with E-state index in [1.165, 1.54) is 28.5 Å². The summed E-state index contributed by atoms with van der Waals surface area (Å²) in [5.74, 6) is 0.397. The van der Waals surface area contributed by atoms with Crippen molar-refractivity contribution in [3.05, 3.63) is 59.7 Å². The molecule has 0 unspecified atom stereocenters. The van der Waals surface area contributed by atoms with E-state index in [4.69, 9.17) is 0 Å². The van der Waals surface area contributed by atoms with Crippen molar-refractivity contribution in [2.24, 2.45) is 5.92 Å². The number of sulfonamides is 1. The lowest BCUT2D eigenvalue weighted by Crippen LogP contribution is -2.49. The molecule has 1 aliphatic carbocycles. The molecule has 0 bridgehead atoms. The maximum atomic E-state index is 13.1. The van der Waals surface area contributed by atoms with Gasteiger partial charge in [-0.25, -0.2) is 13.1 Å². The van der Waals surface area contributed by atoms with E-state index in [1.54, 1.807) is 0 Å². The first-order valence-corrected chi connectivity index (χ1v) is 12.1. The fourth-order valence-electron chi connectivity index (χ4n) is 4.48. The third kappa shape index (κ3) is 4.70. The van der Waals surface area contributed by atoms with Gasteiger partial charge < -0.3 is 4.90 Å². The Morgan fingerprint density at radius 1 is 1.14 bits per heavy atom. The van der Waals surface area contributed by atoms with Crippen LogP contribution >= 0.6 is 0 Å². The Hall–Kier alpha value is -2.18. The number of aryl methyl sites for hydroxylation is 1. The highest BCUT2D eigenvalue weighted by atomic mass is 32.2.